The fourth-order valence-corrected chi connectivity index (χ4v) is 2.06. The summed E-state index contributed by atoms with van der Waals surface area (Å²) in [5, 5.41) is 7.49. The van der Waals surface area contributed by atoms with Gasteiger partial charge in [0.25, 0.3) is 0 Å². The Bertz CT molecular complexity index is 549. The van der Waals surface area contributed by atoms with Gasteiger partial charge in [-0.25, -0.2) is 9.97 Å². The highest BCUT2D eigenvalue weighted by Crippen LogP contribution is 2.23. The number of nitrogens with zero attached hydrogens (tertiary/aromatic N) is 4. The third-order valence-electron chi connectivity index (χ3n) is 2.61. The van der Waals surface area contributed by atoms with Crippen LogP contribution in [0.15, 0.2) is 12.3 Å². The van der Waals surface area contributed by atoms with E-state index in [-0.39, 0.29) is 0 Å². The summed E-state index contributed by atoms with van der Waals surface area (Å²) in [5.74, 6) is 1.62. The molecule has 0 aliphatic heterocycles. The first-order valence-corrected chi connectivity index (χ1v) is 6.97. The Kier molecular flexibility index (Phi) is 4.15. The monoisotopic (exact) mass is 357 g/mol. The van der Waals surface area contributed by atoms with Crippen LogP contribution in [-0.2, 0) is 7.05 Å². The van der Waals surface area contributed by atoms with Gasteiger partial charge in [-0.2, -0.15) is 5.10 Å². The zero-order valence-corrected chi connectivity index (χ0v) is 12.9. The van der Waals surface area contributed by atoms with Crippen LogP contribution in [0.4, 0.5) is 5.82 Å². The van der Waals surface area contributed by atoms with Crippen LogP contribution in [0.25, 0.3) is 11.5 Å². The normalized spacial score (nSPS) is 10.7. The summed E-state index contributed by atoms with van der Waals surface area (Å²) in [7, 11) is 1.89. The van der Waals surface area contributed by atoms with Crippen molar-refractivity contribution in [2.24, 2.45) is 7.05 Å². The van der Waals surface area contributed by atoms with E-state index < -0.39 is 0 Å². The molecule has 2 rings (SSSR count). The lowest BCUT2D eigenvalue weighted by Gasteiger charge is -2.10. The van der Waals surface area contributed by atoms with E-state index in [2.05, 4.69) is 49.9 Å². The van der Waals surface area contributed by atoms with Crippen LogP contribution in [-0.4, -0.2) is 26.3 Å². The quantitative estimate of drug-likeness (QED) is 0.855. The van der Waals surface area contributed by atoms with Crippen molar-refractivity contribution >= 4 is 28.4 Å². The number of nitrogens with one attached hydrogen (secondary N) is 1. The third-order valence-corrected chi connectivity index (χ3v) is 3.90. The summed E-state index contributed by atoms with van der Waals surface area (Å²) in [5.41, 5.74) is 1.91. The van der Waals surface area contributed by atoms with E-state index in [4.69, 9.17) is 0 Å². The van der Waals surface area contributed by atoms with E-state index in [0.717, 1.165) is 33.7 Å². The predicted molar refractivity (Wildman–Crippen MR) is 80.5 cm³/mol. The van der Waals surface area contributed by atoms with Crippen LogP contribution >= 0.6 is 22.6 Å². The Labute approximate surface area is 120 Å². The van der Waals surface area contributed by atoms with Crippen LogP contribution < -0.4 is 5.32 Å². The van der Waals surface area contributed by atoms with Gasteiger partial charge in [-0.05, 0) is 42.0 Å². The van der Waals surface area contributed by atoms with Crippen molar-refractivity contribution in [3.05, 3.63) is 21.5 Å². The number of hydrogen-bond acceptors (Lipinski definition) is 4. The fraction of sp³-hybridized carbons (Fsp3) is 0.417. The molecule has 0 radical (unpaired) electrons. The SMILES string of the molecule is CCCNc1nc(-c2ccnn2C)nc(C)c1I. The minimum Gasteiger partial charge on any atom is -0.369 e. The molecular formula is C12H16IN5. The third kappa shape index (κ3) is 2.63. The molecule has 0 bridgehead atoms. The molecular weight excluding hydrogens is 341 g/mol. The van der Waals surface area contributed by atoms with Crippen molar-refractivity contribution in [2.75, 3.05) is 11.9 Å². The van der Waals surface area contributed by atoms with Crippen LogP contribution in [0.1, 0.15) is 19.0 Å². The Morgan fingerprint density at radius 1 is 1.39 bits per heavy atom. The van der Waals surface area contributed by atoms with Crippen LogP contribution in [0.2, 0.25) is 0 Å². The largest absolute Gasteiger partial charge is 0.369 e. The van der Waals surface area contributed by atoms with Gasteiger partial charge >= 0.3 is 0 Å². The molecule has 0 aromatic carbocycles. The van der Waals surface area contributed by atoms with E-state index in [1.54, 1.807) is 10.9 Å². The molecule has 2 heterocycles. The highest BCUT2D eigenvalue weighted by molar-refractivity contribution is 14.1. The average Bonchev–Trinajstić information content (AvgIpc) is 2.77. The van der Waals surface area contributed by atoms with E-state index in [0.29, 0.717) is 5.82 Å². The summed E-state index contributed by atoms with van der Waals surface area (Å²) < 4.78 is 2.86. The van der Waals surface area contributed by atoms with Gasteiger partial charge in [-0.15, -0.1) is 0 Å². The molecule has 0 fully saturated rings. The Morgan fingerprint density at radius 2 is 2.17 bits per heavy atom. The van der Waals surface area contributed by atoms with Gasteiger partial charge in [0.1, 0.15) is 11.5 Å². The molecule has 0 atom stereocenters. The van der Waals surface area contributed by atoms with Crippen LogP contribution in [0.5, 0.6) is 0 Å². The molecule has 0 aliphatic carbocycles. The first-order chi connectivity index (χ1) is 8.63. The smallest absolute Gasteiger partial charge is 0.180 e. The van der Waals surface area contributed by atoms with E-state index in [1.165, 1.54) is 0 Å². The average molecular weight is 357 g/mol. The number of anilines is 1. The maximum atomic E-state index is 4.58. The molecule has 2 aromatic heterocycles. The van der Waals surface area contributed by atoms with Gasteiger partial charge in [0, 0.05) is 19.8 Å². The highest BCUT2D eigenvalue weighted by Gasteiger charge is 2.12. The molecule has 0 unspecified atom stereocenters. The molecule has 2 aromatic rings. The van der Waals surface area contributed by atoms with Crippen molar-refractivity contribution in [1.29, 1.82) is 0 Å². The molecule has 18 heavy (non-hydrogen) atoms. The van der Waals surface area contributed by atoms with Crippen LogP contribution in [0.3, 0.4) is 0 Å². The van der Waals surface area contributed by atoms with Crippen LogP contribution in [0, 0.1) is 10.5 Å². The topological polar surface area (TPSA) is 55.6 Å². The van der Waals surface area contributed by atoms with Gasteiger partial charge in [-0.3, -0.25) is 4.68 Å². The molecule has 0 saturated heterocycles. The molecule has 0 amide bonds. The summed E-state index contributed by atoms with van der Waals surface area (Å²) in [4.78, 5) is 9.11. The summed E-state index contributed by atoms with van der Waals surface area (Å²) in [6, 6.07) is 1.92. The van der Waals surface area contributed by atoms with Crippen molar-refractivity contribution < 1.29 is 0 Å². The number of halogens is 1. The van der Waals surface area contributed by atoms with Gasteiger partial charge in [0.15, 0.2) is 5.82 Å². The highest BCUT2D eigenvalue weighted by atomic mass is 127. The molecule has 0 spiro atoms. The zero-order valence-electron chi connectivity index (χ0n) is 10.7. The molecule has 5 nitrogen and oxygen atoms in total. The second-order valence-electron chi connectivity index (χ2n) is 4.06. The second kappa shape index (κ2) is 5.64. The minimum atomic E-state index is 0.714. The number of aryl methyl sites for hydroxylation is 2. The Balaban J connectivity index is 2.44. The lowest BCUT2D eigenvalue weighted by molar-refractivity contribution is 0.769. The fourth-order valence-electron chi connectivity index (χ4n) is 1.63. The number of hydrogen-bond donors (Lipinski definition) is 1. The standard InChI is InChI=1S/C12H16IN5/c1-4-6-14-12-10(13)8(2)16-11(17-12)9-5-7-15-18(9)3/h5,7H,4,6H2,1-3H3,(H,14,16,17). The lowest BCUT2D eigenvalue weighted by Crippen LogP contribution is -2.08. The van der Waals surface area contributed by atoms with Gasteiger partial charge in [0.05, 0.1) is 9.26 Å². The molecule has 6 heteroatoms. The first kappa shape index (κ1) is 13.3. The maximum Gasteiger partial charge on any atom is 0.180 e. The molecule has 0 saturated carbocycles. The maximum absolute atomic E-state index is 4.58. The van der Waals surface area contributed by atoms with Crippen molar-refractivity contribution in [1.82, 2.24) is 19.7 Å². The van der Waals surface area contributed by atoms with Crippen molar-refractivity contribution in [2.45, 2.75) is 20.3 Å². The zero-order chi connectivity index (χ0) is 13.1. The number of rotatable bonds is 4. The van der Waals surface area contributed by atoms with Gasteiger partial charge in [0.2, 0.25) is 0 Å². The lowest BCUT2D eigenvalue weighted by atomic mass is 10.3. The molecule has 96 valence electrons. The van der Waals surface area contributed by atoms with E-state index in [9.17, 15) is 0 Å². The van der Waals surface area contributed by atoms with Crippen molar-refractivity contribution in [3.63, 3.8) is 0 Å². The van der Waals surface area contributed by atoms with Gasteiger partial charge < -0.3 is 5.32 Å². The molecule has 1 N–H and O–H groups in total. The van der Waals surface area contributed by atoms with E-state index in [1.807, 2.05) is 20.0 Å². The Hall–Kier alpha value is -1.18. The van der Waals surface area contributed by atoms with E-state index >= 15 is 0 Å². The summed E-state index contributed by atoms with van der Waals surface area (Å²) in [6.45, 7) is 5.05. The molecule has 0 aliphatic rings. The van der Waals surface area contributed by atoms with Crippen molar-refractivity contribution in [3.8, 4) is 11.5 Å². The first-order valence-electron chi connectivity index (χ1n) is 5.90. The minimum absolute atomic E-state index is 0.714. The van der Waals surface area contributed by atoms with Gasteiger partial charge in [-0.1, -0.05) is 6.92 Å². The summed E-state index contributed by atoms with van der Waals surface area (Å²) in [6.07, 6.45) is 2.82. The number of aromatic nitrogens is 4. The predicted octanol–water partition coefficient (Wildman–Crippen LogP) is 2.61. The second-order valence-corrected chi connectivity index (χ2v) is 5.14. The summed E-state index contributed by atoms with van der Waals surface area (Å²) >= 11 is 2.28. The Morgan fingerprint density at radius 3 is 2.78 bits per heavy atom.